The SMILES string of the molecule is CCNC(=NCCCn1cc(C)cn1)N(C)Cc1ccc(OC)cc1OC.I. The first-order valence-electron chi connectivity index (χ1n) is 9.26. The smallest absolute Gasteiger partial charge is 0.193 e. The number of hydrogen-bond acceptors (Lipinski definition) is 4. The van der Waals surface area contributed by atoms with Crippen molar-refractivity contribution in [3.63, 3.8) is 0 Å². The van der Waals surface area contributed by atoms with Crippen molar-refractivity contribution in [3.8, 4) is 11.5 Å². The highest BCUT2D eigenvalue weighted by Crippen LogP contribution is 2.25. The first kappa shape index (κ1) is 24.1. The van der Waals surface area contributed by atoms with E-state index in [-0.39, 0.29) is 24.0 Å². The third-order valence-electron chi connectivity index (χ3n) is 4.17. The topological polar surface area (TPSA) is 63.9 Å². The third-order valence-corrected chi connectivity index (χ3v) is 4.17. The van der Waals surface area contributed by atoms with Crippen LogP contribution in [0.5, 0.6) is 11.5 Å². The maximum atomic E-state index is 5.50. The number of aromatic nitrogens is 2. The highest BCUT2D eigenvalue weighted by molar-refractivity contribution is 14.0. The van der Waals surface area contributed by atoms with Crippen LogP contribution < -0.4 is 14.8 Å². The molecule has 1 aromatic heterocycles. The highest BCUT2D eigenvalue weighted by atomic mass is 127. The van der Waals surface area contributed by atoms with E-state index in [9.17, 15) is 0 Å². The van der Waals surface area contributed by atoms with Gasteiger partial charge in [0, 0.05) is 51.1 Å². The number of aryl methyl sites for hydroxylation is 2. The average Bonchev–Trinajstić information content (AvgIpc) is 3.09. The van der Waals surface area contributed by atoms with Crippen LogP contribution in [0, 0.1) is 6.92 Å². The Balaban J connectivity index is 0.00000392. The van der Waals surface area contributed by atoms with Crippen LogP contribution in [0.1, 0.15) is 24.5 Å². The number of aliphatic imine (C=N–C) groups is 1. The number of hydrogen-bond donors (Lipinski definition) is 1. The summed E-state index contributed by atoms with van der Waals surface area (Å²) in [6.45, 7) is 7.24. The van der Waals surface area contributed by atoms with E-state index in [2.05, 4.69) is 28.4 Å². The van der Waals surface area contributed by atoms with Gasteiger partial charge < -0.3 is 19.7 Å². The van der Waals surface area contributed by atoms with Crippen LogP contribution in [-0.2, 0) is 13.1 Å². The third kappa shape index (κ3) is 7.21. The summed E-state index contributed by atoms with van der Waals surface area (Å²) >= 11 is 0. The number of nitrogens with zero attached hydrogens (tertiary/aromatic N) is 4. The summed E-state index contributed by atoms with van der Waals surface area (Å²) < 4.78 is 12.7. The summed E-state index contributed by atoms with van der Waals surface area (Å²) in [6.07, 6.45) is 4.87. The second-order valence-corrected chi connectivity index (χ2v) is 6.40. The highest BCUT2D eigenvalue weighted by Gasteiger charge is 2.11. The predicted octanol–water partition coefficient (Wildman–Crippen LogP) is 3.31. The second-order valence-electron chi connectivity index (χ2n) is 6.40. The predicted molar refractivity (Wildman–Crippen MR) is 124 cm³/mol. The van der Waals surface area contributed by atoms with Crippen molar-refractivity contribution < 1.29 is 9.47 Å². The minimum Gasteiger partial charge on any atom is -0.497 e. The molecule has 0 radical (unpaired) electrons. The Morgan fingerprint density at radius 3 is 2.68 bits per heavy atom. The van der Waals surface area contributed by atoms with Crippen LogP contribution in [-0.4, -0.2) is 55.0 Å². The zero-order valence-electron chi connectivity index (χ0n) is 17.4. The van der Waals surface area contributed by atoms with Gasteiger partial charge in [-0.2, -0.15) is 5.10 Å². The van der Waals surface area contributed by atoms with Crippen molar-refractivity contribution in [1.29, 1.82) is 0 Å². The van der Waals surface area contributed by atoms with Crippen LogP contribution in [0.3, 0.4) is 0 Å². The lowest BCUT2D eigenvalue weighted by atomic mass is 10.2. The number of halogens is 1. The lowest BCUT2D eigenvalue weighted by Crippen LogP contribution is -2.38. The Kier molecular flexibility index (Phi) is 10.7. The molecular weight excluding hydrogens is 469 g/mol. The molecule has 0 fully saturated rings. The molecule has 2 aromatic rings. The summed E-state index contributed by atoms with van der Waals surface area (Å²) in [4.78, 5) is 6.85. The summed E-state index contributed by atoms with van der Waals surface area (Å²) in [5.74, 6) is 2.48. The zero-order valence-corrected chi connectivity index (χ0v) is 19.8. The molecule has 0 saturated carbocycles. The van der Waals surface area contributed by atoms with E-state index < -0.39 is 0 Å². The van der Waals surface area contributed by atoms with Crippen molar-refractivity contribution in [2.75, 3.05) is 34.4 Å². The minimum atomic E-state index is 0. The first-order chi connectivity index (χ1) is 13.1. The normalized spacial score (nSPS) is 11.0. The monoisotopic (exact) mass is 501 g/mol. The molecule has 0 unspecified atom stereocenters. The van der Waals surface area contributed by atoms with Gasteiger partial charge >= 0.3 is 0 Å². The van der Waals surface area contributed by atoms with Gasteiger partial charge in [0.25, 0.3) is 0 Å². The maximum absolute atomic E-state index is 5.50. The zero-order chi connectivity index (χ0) is 19.6. The molecule has 0 amide bonds. The van der Waals surface area contributed by atoms with Crippen LogP contribution in [0.2, 0.25) is 0 Å². The Hall–Kier alpha value is -1.97. The molecule has 0 aliphatic heterocycles. The number of ether oxygens (including phenoxy) is 2. The molecule has 8 heteroatoms. The number of rotatable bonds is 9. The molecule has 2 rings (SSSR count). The van der Waals surface area contributed by atoms with Crippen LogP contribution in [0.25, 0.3) is 0 Å². The fourth-order valence-corrected chi connectivity index (χ4v) is 2.79. The van der Waals surface area contributed by atoms with Gasteiger partial charge in [0.2, 0.25) is 0 Å². The van der Waals surface area contributed by atoms with Crippen molar-refractivity contribution in [2.24, 2.45) is 4.99 Å². The van der Waals surface area contributed by atoms with Gasteiger partial charge in [-0.3, -0.25) is 9.67 Å². The standard InChI is InChI=1S/C20H31N5O2.HI/c1-6-21-20(22-10-7-11-25-14-16(2)13-23-25)24(3)15-17-8-9-18(26-4)12-19(17)27-5;/h8-9,12-14H,6-7,10-11,15H2,1-5H3,(H,21,22);1H. The molecular formula is C20H32IN5O2. The van der Waals surface area contributed by atoms with Gasteiger partial charge in [0.1, 0.15) is 11.5 Å². The Morgan fingerprint density at radius 1 is 1.29 bits per heavy atom. The van der Waals surface area contributed by atoms with Gasteiger partial charge in [-0.25, -0.2) is 0 Å². The van der Waals surface area contributed by atoms with E-state index in [1.807, 2.05) is 43.0 Å². The fourth-order valence-electron chi connectivity index (χ4n) is 2.79. The molecule has 28 heavy (non-hydrogen) atoms. The molecule has 156 valence electrons. The Labute approximate surface area is 185 Å². The van der Waals surface area contributed by atoms with Crippen LogP contribution in [0.4, 0.5) is 0 Å². The molecule has 1 heterocycles. The molecule has 0 atom stereocenters. The molecule has 0 spiro atoms. The minimum absolute atomic E-state index is 0. The first-order valence-corrected chi connectivity index (χ1v) is 9.26. The molecule has 1 aromatic carbocycles. The number of methoxy groups -OCH3 is 2. The van der Waals surface area contributed by atoms with Gasteiger partial charge in [0.15, 0.2) is 5.96 Å². The van der Waals surface area contributed by atoms with Crippen molar-refractivity contribution in [3.05, 3.63) is 41.7 Å². The Morgan fingerprint density at radius 2 is 2.07 bits per heavy atom. The molecule has 7 nitrogen and oxygen atoms in total. The van der Waals surface area contributed by atoms with E-state index >= 15 is 0 Å². The average molecular weight is 501 g/mol. The molecule has 1 N–H and O–H groups in total. The van der Waals surface area contributed by atoms with Crippen molar-refractivity contribution in [2.45, 2.75) is 33.4 Å². The van der Waals surface area contributed by atoms with Gasteiger partial charge in [0.05, 0.1) is 20.4 Å². The van der Waals surface area contributed by atoms with Crippen LogP contribution >= 0.6 is 24.0 Å². The molecule has 0 saturated heterocycles. The van der Waals surface area contributed by atoms with E-state index in [0.29, 0.717) is 6.54 Å². The summed E-state index contributed by atoms with van der Waals surface area (Å²) in [7, 11) is 5.36. The van der Waals surface area contributed by atoms with Crippen LogP contribution in [0.15, 0.2) is 35.6 Å². The quantitative estimate of drug-likeness (QED) is 0.247. The van der Waals surface area contributed by atoms with Gasteiger partial charge in [-0.05, 0) is 38.0 Å². The molecule has 0 aliphatic carbocycles. The van der Waals surface area contributed by atoms with Gasteiger partial charge in [-0.15, -0.1) is 24.0 Å². The second kappa shape index (κ2) is 12.5. The lowest BCUT2D eigenvalue weighted by molar-refractivity contribution is 0.382. The van der Waals surface area contributed by atoms with E-state index in [0.717, 1.165) is 49.1 Å². The Bertz CT molecular complexity index is 748. The van der Waals surface area contributed by atoms with Crippen molar-refractivity contribution in [1.82, 2.24) is 20.0 Å². The molecule has 0 aliphatic rings. The lowest BCUT2D eigenvalue weighted by Gasteiger charge is -2.23. The summed E-state index contributed by atoms with van der Waals surface area (Å²) in [5, 5.41) is 7.66. The number of nitrogens with one attached hydrogen (secondary N) is 1. The van der Waals surface area contributed by atoms with E-state index in [4.69, 9.17) is 14.5 Å². The summed E-state index contributed by atoms with van der Waals surface area (Å²) in [6, 6.07) is 5.87. The van der Waals surface area contributed by atoms with E-state index in [1.54, 1.807) is 14.2 Å². The fraction of sp³-hybridized carbons (Fsp3) is 0.500. The van der Waals surface area contributed by atoms with E-state index in [1.165, 1.54) is 5.56 Å². The van der Waals surface area contributed by atoms with Gasteiger partial charge in [-0.1, -0.05) is 0 Å². The van der Waals surface area contributed by atoms with Crippen molar-refractivity contribution >= 4 is 29.9 Å². The molecule has 0 bridgehead atoms. The largest absolute Gasteiger partial charge is 0.497 e. The number of benzene rings is 1. The number of guanidine groups is 1. The summed E-state index contributed by atoms with van der Waals surface area (Å²) in [5.41, 5.74) is 2.26. The maximum Gasteiger partial charge on any atom is 0.193 e.